The molecule has 1 N–H and O–H groups in total. The lowest BCUT2D eigenvalue weighted by atomic mass is 10.0. The average molecular weight is 535 g/mol. The van der Waals surface area contributed by atoms with Gasteiger partial charge in [0.05, 0.1) is 19.0 Å². The minimum atomic E-state index is -0.735. The summed E-state index contributed by atoms with van der Waals surface area (Å²) >= 11 is 0. The van der Waals surface area contributed by atoms with Gasteiger partial charge in [0.15, 0.2) is 5.79 Å². The number of hydrogen-bond donors (Lipinski definition) is 1. The van der Waals surface area contributed by atoms with Crippen LogP contribution in [0.25, 0.3) is 0 Å². The first-order valence-corrected chi connectivity index (χ1v) is 13.6. The van der Waals surface area contributed by atoms with Crippen molar-refractivity contribution < 1.29 is 19.0 Å². The van der Waals surface area contributed by atoms with E-state index in [0.717, 1.165) is 44.0 Å². The molecule has 208 valence electrons. The van der Waals surface area contributed by atoms with E-state index in [1.54, 1.807) is 17.2 Å². The van der Waals surface area contributed by atoms with Gasteiger partial charge in [-0.15, -0.1) is 0 Å². The molecule has 2 saturated heterocycles. The van der Waals surface area contributed by atoms with Crippen molar-refractivity contribution in [1.82, 2.24) is 15.0 Å². The molecule has 10 nitrogen and oxygen atoms in total. The van der Waals surface area contributed by atoms with E-state index in [2.05, 4.69) is 63.4 Å². The molecule has 1 aromatic heterocycles. The Morgan fingerprint density at radius 1 is 1.00 bits per heavy atom. The van der Waals surface area contributed by atoms with E-state index < -0.39 is 5.79 Å². The van der Waals surface area contributed by atoms with E-state index >= 15 is 0 Å². The van der Waals surface area contributed by atoms with Gasteiger partial charge in [0.1, 0.15) is 25.0 Å². The summed E-state index contributed by atoms with van der Waals surface area (Å²) in [7, 11) is 0. The molecule has 0 saturated carbocycles. The molecule has 3 aromatic rings. The fourth-order valence-electron chi connectivity index (χ4n) is 5.24. The molecular weight excluding hydrogens is 496 g/mol. The Morgan fingerprint density at radius 3 is 2.15 bits per heavy atom. The van der Waals surface area contributed by atoms with Crippen LogP contribution >= 0.6 is 0 Å². The third kappa shape index (κ3) is 7.07. The van der Waals surface area contributed by atoms with Crippen LogP contribution in [0.15, 0.2) is 60.9 Å². The number of carbonyl (C=O) groups is 1. The van der Waals surface area contributed by atoms with Crippen LogP contribution in [0.3, 0.4) is 0 Å². The molecule has 0 bridgehead atoms. The first-order chi connectivity index (χ1) is 18.9. The Balaban J connectivity index is 1.09. The molecule has 3 heterocycles. The lowest BCUT2D eigenvalue weighted by molar-refractivity contribution is -0.193. The van der Waals surface area contributed by atoms with Crippen LogP contribution in [0.4, 0.5) is 17.1 Å². The zero-order chi connectivity index (χ0) is 27.2. The molecule has 5 rings (SSSR count). The van der Waals surface area contributed by atoms with Crippen molar-refractivity contribution in [3.63, 3.8) is 0 Å². The number of piperazine rings is 1. The number of hydrogen-bond acceptors (Lipinski definition) is 8. The van der Waals surface area contributed by atoms with Gasteiger partial charge in [-0.25, -0.2) is 0 Å². The van der Waals surface area contributed by atoms with E-state index in [0.29, 0.717) is 25.7 Å². The molecule has 2 aliphatic heterocycles. The van der Waals surface area contributed by atoms with Crippen molar-refractivity contribution in [2.75, 3.05) is 54.5 Å². The summed E-state index contributed by atoms with van der Waals surface area (Å²) < 4.78 is 18.6. The molecule has 2 aliphatic rings. The summed E-state index contributed by atoms with van der Waals surface area (Å²) in [4.78, 5) is 17.6. The van der Waals surface area contributed by atoms with E-state index in [1.807, 2.05) is 24.3 Å². The van der Waals surface area contributed by atoms with Crippen LogP contribution in [0.5, 0.6) is 5.75 Å². The van der Waals surface area contributed by atoms with Crippen molar-refractivity contribution in [1.29, 1.82) is 0 Å². The van der Waals surface area contributed by atoms with Gasteiger partial charge in [-0.1, -0.05) is 13.8 Å². The molecule has 0 aliphatic carbocycles. The summed E-state index contributed by atoms with van der Waals surface area (Å²) in [5.74, 6) is 0.429. The zero-order valence-corrected chi connectivity index (χ0v) is 23.0. The number of rotatable bonds is 10. The Hall–Kier alpha value is -3.63. The second-order valence-electron chi connectivity index (χ2n) is 10.6. The predicted molar refractivity (Wildman–Crippen MR) is 150 cm³/mol. The number of carbonyl (C=O) groups excluding carboxylic acids is 1. The van der Waals surface area contributed by atoms with Crippen LogP contribution in [-0.2, 0) is 20.8 Å². The zero-order valence-electron chi connectivity index (χ0n) is 23.0. The number of anilines is 3. The van der Waals surface area contributed by atoms with Crippen molar-refractivity contribution in [2.45, 2.75) is 45.6 Å². The van der Waals surface area contributed by atoms with Crippen molar-refractivity contribution in [3.05, 3.63) is 60.9 Å². The van der Waals surface area contributed by atoms with Gasteiger partial charge in [-0.05, 0) is 54.4 Å². The quantitative estimate of drug-likeness (QED) is 0.420. The van der Waals surface area contributed by atoms with Gasteiger partial charge in [-0.2, -0.15) is 15.0 Å². The second-order valence-corrected chi connectivity index (χ2v) is 10.6. The number of aromatic nitrogens is 3. The number of nitrogens with one attached hydrogen (secondary N) is 1. The standard InChI is InChI=1S/C29H38N6O4/c1-22(2)18-29(21-35-30-12-13-31-35)38-20-28(39-29)19-37-27-10-8-26(9-11-27)34-16-14-33(15-17-34)25-6-4-24(5-7-25)32-23(3)36/h4-13,22,28H,14-21H2,1-3H3,(H,32,36). The third-order valence-electron chi connectivity index (χ3n) is 6.95. The Labute approximate surface area is 229 Å². The van der Waals surface area contributed by atoms with Crippen LogP contribution in [0, 0.1) is 5.92 Å². The molecule has 2 atom stereocenters. The maximum absolute atomic E-state index is 11.2. The van der Waals surface area contributed by atoms with Gasteiger partial charge >= 0.3 is 0 Å². The highest BCUT2D eigenvalue weighted by Crippen LogP contribution is 2.32. The predicted octanol–water partition coefficient (Wildman–Crippen LogP) is 3.80. The molecular formula is C29H38N6O4. The highest BCUT2D eigenvalue weighted by atomic mass is 16.8. The maximum atomic E-state index is 11.2. The lowest BCUT2D eigenvalue weighted by Crippen LogP contribution is -2.46. The van der Waals surface area contributed by atoms with Crippen LogP contribution in [-0.4, -0.2) is 72.2 Å². The van der Waals surface area contributed by atoms with Gasteiger partial charge in [0.2, 0.25) is 5.91 Å². The largest absolute Gasteiger partial charge is 0.491 e. The van der Waals surface area contributed by atoms with E-state index in [9.17, 15) is 4.79 Å². The summed E-state index contributed by atoms with van der Waals surface area (Å²) in [6, 6.07) is 16.3. The number of benzene rings is 2. The second kappa shape index (κ2) is 12.0. The van der Waals surface area contributed by atoms with E-state index in [-0.39, 0.29) is 12.0 Å². The molecule has 39 heavy (non-hydrogen) atoms. The minimum Gasteiger partial charge on any atom is -0.491 e. The van der Waals surface area contributed by atoms with Crippen LogP contribution in [0.2, 0.25) is 0 Å². The highest BCUT2D eigenvalue weighted by molar-refractivity contribution is 5.88. The van der Waals surface area contributed by atoms with Gasteiger partial charge in [-0.3, -0.25) is 4.79 Å². The van der Waals surface area contributed by atoms with Gasteiger partial charge in [0.25, 0.3) is 0 Å². The van der Waals surface area contributed by atoms with Crippen LogP contribution in [0.1, 0.15) is 27.2 Å². The molecule has 2 aromatic carbocycles. The summed E-state index contributed by atoms with van der Waals surface area (Å²) in [6.07, 6.45) is 3.93. The third-order valence-corrected chi connectivity index (χ3v) is 6.95. The molecule has 0 radical (unpaired) electrons. The average Bonchev–Trinajstić information content (AvgIpc) is 3.58. The molecule has 2 fully saturated rings. The van der Waals surface area contributed by atoms with Gasteiger partial charge < -0.3 is 29.3 Å². The Morgan fingerprint density at radius 2 is 1.59 bits per heavy atom. The molecule has 2 unspecified atom stereocenters. The molecule has 10 heteroatoms. The van der Waals surface area contributed by atoms with Crippen molar-refractivity contribution in [2.24, 2.45) is 5.92 Å². The molecule has 1 amide bonds. The topological polar surface area (TPSA) is 94.0 Å². The first-order valence-electron chi connectivity index (χ1n) is 13.6. The minimum absolute atomic E-state index is 0.0588. The van der Waals surface area contributed by atoms with Crippen molar-refractivity contribution >= 4 is 23.0 Å². The Bertz CT molecular complexity index is 1190. The SMILES string of the molecule is CC(=O)Nc1ccc(N2CCN(c3ccc(OCC4COC(CC(C)C)(Cn5nccn5)O4)cc3)CC2)cc1. The summed E-state index contributed by atoms with van der Waals surface area (Å²) in [6.45, 7) is 10.9. The normalized spacial score (nSPS) is 21.4. The smallest absolute Gasteiger partial charge is 0.221 e. The van der Waals surface area contributed by atoms with E-state index in [4.69, 9.17) is 14.2 Å². The lowest BCUT2D eigenvalue weighted by Gasteiger charge is -2.37. The van der Waals surface area contributed by atoms with E-state index in [1.165, 1.54) is 18.3 Å². The first kappa shape index (κ1) is 27.0. The fourth-order valence-corrected chi connectivity index (χ4v) is 5.24. The maximum Gasteiger partial charge on any atom is 0.221 e. The summed E-state index contributed by atoms with van der Waals surface area (Å²) in [5, 5.41) is 11.3. The Kier molecular flexibility index (Phi) is 8.33. The molecule has 0 spiro atoms. The monoisotopic (exact) mass is 534 g/mol. The fraction of sp³-hybridized carbons (Fsp3) is 0.483. The number of ether oxygens (including phenoxy) is 3. The summed E-state index contributed by atoms with van der Waals surface area (Å²) in [5.41, 5.74) is 3.18. The number of nitrogens with zero attached hydrogens (tertiary/aromatic N) is 5. The van der Waals surface area contributed by atoms with Crippen molar-refractivity contribution in [3.8, 4) is 5.75 Å². The van der Waals surface area contributed by atoms with Crippen LogP contribution < -0.4 is 19.9 Å². The van der Waals surface area contributed by atoms with Gasteiger partial charge in [0, 0.05) is 56.6 Å². The number of amides is 1. The highest BCUT2D eigenvalue weighted by Gasteiger charge is 2.43.